The van der Waals surface area contributed by atoms with Crippen LogP contribution in [0.2, 0.25) is 5.15 Å². The van der Waals surface area contributed by atoms with E-state index in [2.05, 4.69) is 25.9 Å². The van der Waals surface area contributed by atoms with Gasteiger partial charge in [-0.25, -0.2) is 9.97 Å². The van der Waals surface area contributed by atoms with E-state index < -0.39 is 0 Å². The third-order valence-corrected chi connectivity index (χ3v) is 1.66. The second-order valence-corrected chi connectivity index (χ2v) is 2.80. The minimum atomic E-state index is 0. The van der Waals surface area contributed by atoms with Gasteiger partial charge in [-0.1, -0.05) is 11.6 Å². The molecule has 2 N–H and O–H groups in total. The van der Waals surface area contributed by atoms with Crippen LogP contribution < -0.4 is 5.73 Å². The smallest absolute Gasteiger partial charge is 0.151 e. The van der Waals surface area contributed by atoms with Gasteiger partial charge in [0.1, 0.15) is 4.60 Å². The van der Waals surface area contributed by atoms with Crippen LogP contribution in [0.5, 0.6) is 0 Å². The first-order valence-corrected chi connectivity index (χ1v) is 3.78. The summed E-state index contributed by atoms with van der Waals surface area (Å²) in [6, 6.07) is 0. The van der Waals surface area contributed by atoms with Crippen molar-refractivity contribution in [2.75, 3.05) is 0 Å². The summed E-state index contributed by atoms with van der Waals surface area (Å²) in [7, 11) is 0. The number of nitrogens with two attached hydrogens (primary N) is 1. The molecule has 1 rings (SSSR count). The molecule has 0 fully saturated rings. The Morgan fingerprint density at radius 2 is 2.27 bits per heavy atom. The fourth-order valence-electron chi connectivity index (χ4n) is 0.518. The summed E-state index contributed by atoms with van der Waals surface area (Å²) in [5.41, 5.74) is 5.92. The SMILES string of the molecule is Cl.NCc1nc(Br)cnc1Cl. The Labute approximate surface area is 83.9 Å². The van der Waals surface area contributed by atoms with Crippen molar-refractivity contribution in [3.8, 4) is 0 Å². The van der Waals surface area contributed by atoms with Gasteiger partial charge in [0.15, 0.2) is 5.15 Å². The van der Waals surface area contributed by atoms with E-state index in [4.69, 9.17) is 17.3 Å². The summed E-state index contributed by atoms with van der Waals surface area (Å²) in [5.74, 6) is 0. The van der Waals surface area contributed by atoms with Gasteiger partial charge in [-0.3, -0.25) is 0 Å². The third-order valence-electron chi connectivity index (χ3n) is 0.958. The van der Waals surface area contributed by atoms with Gasteiger partial charge in [-0.15, -0.1) is 12.4 Å². The molecular formula is C5H6BrCl2N3. The predicted molar refractivity (Wildman–Crippen MR) is 49.9 cm³/mol. The van der Waals surface area contributed by atoms with Gasteiger partial charge >= 0.3 is 0 Å². The molecule has 1 aromatic heterocycles. The van der Waals surface area contributed by atoms with Crippen molar-refractivity contribution in [3.63, 3.8) is 0 Å². The predicted octanol–water partition coefficient (Wildman–Crippen LogP) is 1.77. The zero-order chi connectivity index (χ0) is 7.56. The topological polar surface area (TPSA) is 51.8 Å². The molecule has 0 radical (unpaired) electrons. The molecule has 0 aliphatic carbocycles. The highest BCUT2D eigenvalue weighted by Gasteiger charge is 2.00. The highest BCUT2D eigenvalue weighted by Crippen LogP contribution is 2.12. The Balaban J connectivity index is 0.000001000. The molecule has 0 aromatic carbocycles. The van der Waals surface area contributed by atoms with E-state index in [0.717, 1.165) is 0 Å². The van der Waals surface area contributed by atoms with Gasteiger partial charge in [-0.2, -0.15) is 0 Å². The highest BCUT2D eigenvalue weighted by molar-refractivity contribution is 9.10. The Bertz CT molecular complexity index is 243. The molecule has 1 aromatic rings. The molecule has 0 amide bonds. The van der Waals surface area contributed by atoms with Crippen molar-refractivity contribution in [2.45, 2.75) is 6.54 Å². The molecule has 62 valence electrons. The van der Waals surface area contributed by atoms with Crippen molar-refractivity contribution in [1.82, 2.24) is 9.97 Å². The van der Waals surface area contributed by atoms with E-state index in [0.29, 0.717) is 22.0 Å². The van der Waals surface area contributed by atoms with Crippen LogP contribution in [0.3, 0.4) is 0 Å². The Kier molecular flexibility index (Phi) is 4.92. The normalized spacial score (nSPS) is 9.00. The monoisotopic (exact) mass is 257 g/mol. The van der Waals surface area contributed by atoms with Gasteiger partial charge in [0.05, 0.1) is 11.9 Å². The zero-order valence-corrected chi connectivity index (χ0v) is 8.58. The average Bonchev–Trinajstić information content (AvgIpc) is 1.94. The van der Waals surface area contributed by atoms with Gasteiger partial charge in [0, 0.05) is 6.54 Å². The quantitative estimate of drug-likeness (QED) is 0.836. The summed E-state index contributed by atoms with van der Waals surface area (Å²) in [6.07, 6.45) is 1.53. The first-order valence-electron chi connectivity index (χ1n) is 2.61. The maximum Gasteiger partial charge on any atom is 0.151 e. The second kappa shape index (κ2) is 4.87. The molecule has 6 heteroatoms. The van der Waals surface area contributed by atoms with Crippen molar-refractivity contribution in [2.24, 2.45) is 5.73 Å². The van der Waals surface area contributed by atoms with Crippen LogP contribution in [0.1, 0.15) is 5.69 Å². The van der Waals surface area contributed by atoms with E-state index in [9.17, 15) is 0 Å². The summed E-state index contributed by atoms with van der Waals surface area (Å²) in [4.78, 5) is 7.81. The van der Waals surface area contributed by atoms with Crippen LogP contribution in [0.15, 0.2) is 10.8 Å². The number of aromatic nitrogens is 2. The fourth-order valence-corrected chi connectivity index (χ4v) is 1.00. The number of nitrogens with zero attached hydrogens (tertiary/aromatic N) is 2. The second-order valence-electron chi connectivity index (χ2n) is 1.63. The van der Waals surface area contributed by atoms with E-state index in [1.165, 1.54) is 6.20 Å². The summed E-state index contributed by atoms with van der Waals surface area (Å²) in [5, 5.41) is 0.366. The zero-order valence-electron chi connectivity index (χ0n) is 5.42. The van der Waals surface area contributed by atoms with Gasteiger partial charge in [0.2, 0.25) is 0 Å². The van der Waals surface area contributed by atoms with E-state index in [1.807, 2.05) is 0 Å². The number of rotatable bonds is 1. The number of hydrogen-bond donors (Lipinski definition) is 1. The molecule has 0 aliphatic heterocycles. The minimum Gasteiger partial charge on any atom is -0.325 e. The Morgan fingerprint density at radius 3 is 2.73 bits per heavy atom. The molecular weight excluding hydrogens is 253 g/mol. The first kappa shape index (κ1) is 11.1. The molecule has 0 aliphatic rings. The molecule has 0 bridgehead atoms. The van der Waals surface area contributed by atoms with Gasteiger partial charge in [-0.05, 0) is 15.9 Å². The lowest BCUT2D eigenvalue weighted by Crippen LogP contribution is -2.01. The molecule has 0 unspecified atom stereocenters. The number of hydrogen-bond acceptors (Lipinski definition) is 3. The minimum absolute atomic E-state index is 0. The highest BCUT2D eigenvalue weighted by atomic mass is 79.9. The third kappa shape index (κ3) is 2.91. The Morgan fingerprint density at radius 1 is 1.64 bits per heavy atom. The van der Waals surface area contributed by atoms with Crippen molar-refractivity contribution < 1.29 is 0 Å². The fraction of sp³-hybridized carbons (Fsp3) is 0.200. The van der Waals surface area contributed by atoms with Crippen LogP contribution in [0, 0.1) is 0 Å². The summed E-state index contributed by atoms with van der Waals surface area (Å²) < 4.78 is 0.650. The summed E-state index contributed by atoms with van der Waals surface area (Å²) in [6.45, 7) is 0.311. The van der Waals surface area contributed by atoms with E-state index >= 15 is 0 Å². The molecule has 0 spiro atoms. The molecule has 3 nitrogen and oxygen atoms in total. The lowest BCUT2D eigenvalue weighted by Gasteiger charge is -1.97. The molecule has 0 atom stereocenters. The number of halogens is 3. The largest absolute Gasteiger partial charge is 0.325 e. The van der Waals surface area contributed by atoms with Crippen LogP contribution in [0.4, 0.5) is 0 Å². The van der Waals surface area contributed by atoms with Crippen LogP contribution >= 0.6 is 39.9 Å². The molecule has 11 heavy (non-hydrogen) atoms. The molecule has 0 saturated carbocycles. The van der Waals surface area contributed by atoms with Crippen molar-refractivity contribution >= 4 is 39.9 Å². The Hall–Kier alpha value is 0.1000. The molecule has 1 heterocycles. The van der Waals surface area contributed by atoms with Crippen molar-refractivity contribution in [1.29, 1.82) is 0 Å². The lowest BCUT2D eigenvalue weighted by molar-refractivity contribution is 0.951. The van der Waals surface area contributed by atoms with Gasteiger partial charge in [0.25, 0.3) is 0 Å². The standard InChI is InChI=1S/C5H5BrClN3.ClH/c6-4-2-9-5(7)3(1-8)10-4;/h2H,1,8H2;1H. The van der Waals surface area contributed by atoms with Crippen LogP contribution in [-0.2, 0) is 6.54 Å². The maximum atomic E-state index is 5.62. The average molecular weight is 259 g/mol. The maximum absolute atomic E-state index is 5.62. The van der Waals surface area contributed by atoms with E-state index in [1.54, 1.807) is 0 Å². The first-order chi connectivity index (χ1) is 4.74. The molecule has 0 saturated heterocycles. The summed E-state index contributed by atoms with van der Waals surface area (Å²) >= 11 is 8.77. The van der Waals surface area contributed by atoms with Gasteiger partial charge < -0.3 is 5.73 Å². The van der Waals surface area contributed by atoms with Crippen LogP contribution in [0.25, 0.3) is 0 Å². The van der Waals surface area contributed by atoms with Crippen LogP contribution in [-0.4, -0.2) is 9.97 Å². The van der Waals surface area contributed by atoms with Crippen molar-refractivity contribution in [3.05, 3.63) is 21.6 Å². The lowest BCUT2D eigenvalue weighted by atomic mass is 10.5. The van der Waals surface area contributed by atoms with E-state index in [-0.39, 0.29) is 12.4 Å².